The Kier molecular flexibility index (Phi) is 5.06. The zero-order chi connectivity index (χ0) is 15.3. The average Bonchev–Trinajstić information content (AvgIpc) is 2.47. The summed E-state index contributed by atoms with van der Waals surface area (Å²) in [5, 5.41) is 8.78. The van der Waals surface area contributed by atoms with E-state index in [2.05, 4.69) is 6.07 Å². The molecule has 0 N–H and O–H groups in total. The first kappa shape index (κ1) is 15.6. The molecule has 1 saturated carbocycles. The van der Waals surface area contributed by atoms with Crippen molar-refractivity contribution in [2.24, 2.45) is 5.92 Å². The van der Waals surface area contributed by atoms with Crippen LogP contribution >= 0.6 is 0 Å². The number of halogens is 3. The van der Waals surface area contributed by atoms with E-state index in [9.17, 15) is 13.2 Å². The number of hydrogen-bond acceptors (Lipinski definition) is 1. The van der Waals surface area contributed by atoms with E-state index in [0.29, 0.717) is 11.5 Å². The molecule has 0 heterocycles. The Balaban J connectivity index is 1.84. The molecule has 0 radical (unpaired) electrons. The van der Waals surface area contributed by atoms with Gasteiger partial charge in [-0.15, -0.1) is 0 Å². The van der Waals surface area contributed by atoms with Gasteiger partial charge in [0.25, 0.3) is 0 Å². The topological polar surface area (TPSA) is 23.8 Å². The second kappa shape index (κ2) is 6.80. The normalized spacial score (nSPS) is 23.1. The van der Waals surface area contributed by atoms with Crippen LogP contribution in [0.5, 0.6) is 0 Å². The van der Waals surface area contributed by atoms with Crippen LogP contribution in [-0.2, 0) is 0 Å². The van der Waals surface area contributed by atoms with Gasteiger partial charge in [0.2, 0.25) is 0 Å². The molecule has 0 aromatic heterocycles. The van der Waals surface area contributed by atoms with Crippen molar-refractivity contribution in [1.82, 2.24) is 0 Å². The number of rotatable bonds is 3. The molecule has 1 aliphatic rings. The molecule has 1 aromatic carbocycles. The number of alkyl halides is 3. The Bertz CT molecular complexity index is 514. The lowest BCUT2D eigenvalue weighted by atomic mass is 9.78. The van der Waals surface area contributed by atoms with E-state index in [1.54, 1.807) is 6.08 Å². The number of hydrogen-bond donors (Lipinski definition) is 0. The second-order valence-electron chi connectivity index (χ2n) is 5.59. The molecule has 0 spiro atoms. The molecule has 2 rings (SSSR count). The van der Waals surface area contributed by atoms with Crippen LogP contribution in [0.4, 0.5) is 13.2 Å². The smallest absolute Gasteiger partial charge is 0.192 e. The standard InChI is InChI=1S/C17H18F3N/c18-17(19,20)11-1-2-13-3-7-15(8-4-13)16-9-5-14(12-21)6-10-16/h1-2,5-6,9-10,13,15H,3-4,7-8,11H2/b2-1+/t13-,15-. The van der Waals surface area contributed by atoms with E-state index >= 15 is 0 Å². The van der Waals surface area contributed by atoms with Gasteiger partial charge < -0.3 is 0 Å². The van der Waals surface area contributed by atoms with Gasteiger partial charge in [-0.05, 0) is 55.2 Å². The van der Waals surface area contributed by atoms with Crippen LogP contribution in [0.25, 0.3) is 0 Å². The molecule has 1 nitrogen and oxygen atoms in total. The maximum atomic E-state index is 12.1. The lowest BCUT2D eigenvalue weighted by Crippen LogP contribution is -2.12. The summed E-state index contributed by atoms with van der Waals surface area (Å²) in [7, 11) is 0. The Labute approximate surface area is 123 Å². The first-order valence-corrected chi connectivity index (χ1v) is 7.21. The quantitative estimate of drug-likeness (QED) is 0.690. The predicted molar refractivity (Wildman–Crippen MR) is 75.7 cm³/mol. The first-order valence-electron chi connectivity index (χ1n) is 7.21. The third kappa shape index (κ3) is 4.93. The Morgan fingerprint density at radius 1 is 1.10 bits per heavy atom. The lowest BCUT2D eigenvalue weighted by molar-refractivity contribution is -0.125. The minimum absolute atomic E-state index is 0.266. The van der Waals surface area contributed by atoms with Gasteiger partial charge >= 0.3 is 6.18 Å². The molecule has 1 aliphatic carbocycles. The molecule has 0 aliphatic heterocycles. The number of benzene rings is 1. The molecule has 1 aromatic rings. The molecule has 1 fully saturated rings. The van der Waals surface area contributed by atoms with Gasteiger partial charge in [0.05, 0.1) is 18.1 Å². The molecular weight excluding hydrogens is 275 g/mol. The lowest BCUT2D eigenvalue weighted by Gasteiger charge is -2.27. The summed E-state index contributed by atoms with van der Waals surface area (Å²) in [6, 6.07) is 9.72. The summed E-state index contributed by atoms with van der Waals surface area (Å²) in [5.41, 5.74) is 1.88. The van der Waals surface area contributed by atoms with E-state index in [4.69, 9.17) is 5.26 Å². The van der Waals surface area contributed by atoms with Gasteiger partial charge in [0.15, 0.2) is 0 Å². The summed E-state index contributed by atoms with van der Waals surface area (Å²) >= 11 is 0. The van der Waals surface area contributed by atoms with Crippen molar-refractivity contribution in [3.8, 4) is 6.07 Å². The van der Waals surface area contributed by atoms with Gasteiger partial charge in [-0.3, -0.25) is 0 Å². The summed E-state index contributed by atoms with van der Waals surface area (Å²) in [5.74, 6) is 0.729. The van der Waals surface area contributed by atoms with Crippen LogP contribution < -0.4 is 0 Å². The first-order chi connectivity index (χ1) is 9.98. The SMILES string of the molecule is N#Cc1ccc([C@H]2CC[C@H](/C=C/CC(F)(F)F)CC2)cc1. The molecule has 4 heteroatoms. The maximum Gasteiger partial charge on any atom is 0.392 e. The van der Waals surface area contributed by atoms with Gasteiger partial charge in [0.1, 0.15) is 0 Å². The summed E-state index contributed by atoms with van der Waals surface area (Å²) in [4.78, 5) is 0. The molecule has 112 valence electrons. The highest BCUT2D eigenvalue weighted by Crippen LogP contribution is 2.36. The Morgan fingerprint density at radius 2 is 1.71 bits per heavy atom. The monoisotopic (exact) mass is 293 g/mol. The number of nitrogens with zero attached hydrogens (tertiary/aromatic N) is 1. The predicted octanol–water partition coefficient (Wildman–Crippen LogP) is 5.34. The highest BCUT2D eigenvalue weighted by atomic mass is 19.4. The fraction of sp³-hybridized carbons (Fsp3) is 0.471. The van der Waals surface area contributed by atoms with Crippen LogP contribution in [0.3, 0.4) is 0 Å². The van der Waals surface area contributed by atoms with Crippen LogP contribution in [0.1, 0.15) is 49.1 Å². The number of nitriles is 1. The van der Waals surface area contributed by atoms with Crippen LogP contribution in [0, 0.1) is 17.2 Å². The van der Waals surface area contributed by atoms with Gasteiger partial charge in [0, 0.05) is 0 Å². The molecule has 0 unspecified atom stereocenters. The molecular formula is C17H18F3N. The molecule has 0 amide bonds. The third-order valence-corrected chi connectivity index (χ3v) is 4.04. The van der Waals surface area contributed by atoms with Crippen molar-refractivity contribution < 1.29 is 13.2 Å². The highest BCUT2D eigenvalue weighted by molar-refractivity contribution is 5.33. The maximum absolute atomic E-state index is 12.1. The van der Waals surface area contributed by atoms with Crippen molar-refractivity contribution in [3.63, 3.8) is 0 Å². The van der Waals surface area contributed by atoms with E-state index < -0.39 is 12.6 Å². The van der Waals surface area contributed by atoms with Crippen LogP contribution in [-0.4, -0.2) is 6.18 Å². The zero-order valence-electron chi connectivity index (χ0n) is 11.7. The molecule has 21 heavy (non-hydrogen) atoms. The Morgan fingerprint density at radius 3 is 2.24 bits per heavy atom. The van der Waals surface area contributed by atoms with Crippen LogP contribution in [0.15, 0.2) is 36.4 Å². The highest BCUT2D eigenvalue weighted by Gasteiger charge is 2.25. The van der Waals surface area contributed by atoms with Gasteiger partial charge in [-0.1, -0.05) is 24.3 Å². The summed E-state index contributed by atoms with van der Waals surface area (Å²) in [6.45, 7) is 0. The third-order valence-electron chi connectivity index (χ3n) is 4.04. The largest absolute Gasteiger partial charge is 0.392 e. The fourth-order valence-corrected chi connectivity index (χ4v) is 2.87. The molecule has 0 bridgehead atoms. The Hall–Kier alpha value is -1.76. The van der Waals surface area contributed by atoms with E-state index in [-0.39, 0.29) is 5.92 Å². The van der Waals surface area contributed by atoms with E-state index in [1.165, 1.54) is 11.6 Å². The number of allylic oxidation sites excluding steroid dienone is 2. The zero-order valence-corrected chi connectivity index (χ0v) is 11.7. The average molecular weight is 293 g/mol. The van der Waals surface area contributed by atoms with Crippen molar-refractivity contribution in [1.29, 1.82) is 5.26 Å². The fourth-order valence-electron chi connectivity index (χ4n) is 2.87. The van der Waals surface area contributed by atoms with E-state index in [0.717, 1.165) is 25.7 Å². The van der Waals surface area contributed by atoms with Crippen molar-refractivity contribution in [2.45, 2.75) is 44.2 Å². The molecule has 0 saturated heterocycles. The summed E-state index contributed by atoms with van der Waals surface area (Å²) in [6.07, 6.45) is 1.89. The minimum Gasteiger partial charge on any atom is -0.192 e. The van der Waals surface area contributed by atoms with Crippen molar-refractivity contribution in [3.05, 3.63) is 47.5 Å². The van der Waals surface area contributed by atoms with Gasteiger partial charge in [-0.2, -0.15) is 18.4 Å². The second-order valence-corrected chi connectivity index (χ2v) is 5.59. The minimum atomic E-state index is -4.10. The summed E-state index contributed by atoms with van der Waals surface area (Å²) < 4.78 is 36.2. The van der Waals surface area contributed by atoms with Crippen molar-refractivity contribution >= 4 is 0 Å². The van der Waals surface area contributed by atoms with Crippen LogP contribution in [0.2, 0.25) is 0 Å². The van der Waals surface area contributed by atoms with E-state index in [1.807, 2.05) is 24.3 Å². The molecule has 0 atom stereocenters. The van der Waals surface area contributed by atoms with Crippen molar-refractivity contribution in [2.75, 3.05) is 0 Å². The van der Waals surface area contributed by atoms with Gasteiger partial charge in [-0.25, -0.2) is 0 Å².